The van der Waals surface area contributed by atoms with E-state index in [1.165, 1.54) is 6.92 Å². The van der Waals surface area contributed by atoms with E-state index in [2.05, 4.69) is 40.0 Å². The van der Waals surface area contributed by atoms with Crippen LogP contribution in [0.5, 0.6) is 0 Å². The van der Waals surface area contributed by atoms with Crippen molar-refractivity contribution in [1.29, 1.82) is 0 Å². The normalized spacial score (nSPS) is 14.8. The van der Waals surface area contributed by atoms with Gasteiger partial charge in [0.05, 0.1) is 33.9 Å². The quantitative estimate of drug-likeness (QED) is 0.256. The molecule has 0 aromatic heterocycles. The summed E-state index contributed by atoms with van der Waals surface area (Å²) in [6.07, 6.45) is -4.33. The number of hydrogen-bond acceptors (Lipinski definition) is 5. The van der Waals surface area contributed by atoms with Gasteiger partial charge in [0.25, 0.3) is 0 Å². The Bertz CT molecular complexity index is 227. The third kappa shape index (κ3) is 19.3. The summed E-state index contributed by atoms with van der Waals surface area (Å²) in [6, 6.07) is 0. The fourth-order valence-corrected chi connectivity index (χ4v) is 0.429. The van der Waals surface area contributed by atoms with Gasteiger partial charge in [-0.1, -0.05) is 0 Å². The fourth-order valence-electron chi connectivity index (χ4n) is 0.429. The molecular formula is C9H22I2NO6V+. The third-order valence-electron chi connectivity index (χ3n) is 1.65. The molecule has 3 atom stereocenters. The van der Waals surface area contributed by atoms with Gasteiger partial charge < -0.3 is 25.5 Å². The molecule has 7 nitrogen and oxygen atoms in total. The standard InChI is InChI=1S/C5H12O4.C4H9NO2.2HI.V/c1-3(7)5(9)4(8)2-6;1-5(2,3)4(6)7;;;/h3-9H,2H2,1H3;1-3H3;2*1H;/q;;;;+2/p-1. The molecule has 5 N–H and O–H groups in total. The number of halogens is 2. The average Bonchev–Trinajstić information content (AvgIpc) is 2.27. The van der Waals surface area contributed by atoms with Crippen molar-refractivity contribution in [1.82, 2.24) is 0 Å². The molecule has 3 unspecified atom stereocenters. The molecule has 0 aliphatic rings. The average molecular weight is 545 g/mol. The van der Waals surface area contributed by atoms with Gasteiger partial charge in [-0.3, -0.25) is 0 Å². The second-order valence-electron chi connectivity index (χ2n) is 4.34. The summed E-state index contributed by atoms with van der Waals surface area (Å²) >= 11 is 4.74. The zero-order chi connectivity index (χ0) is 16.2. The van der Waals surface area contributed by atoms with Gasteiger partial charge in [-0.2, -0.15) is 4.79 Å². The Hall–Kier alpha value is 1.31. The van der Waals surface area contributed by atoms with Crippen LogP contribution in [0.2, 0.25) is 0 Å². The summed E-state index contributed by atoms with van der Waals surface area (Å²) in [7, 11) is 5.43. The van der Waals surface area contributed by atoms with E-state index >= 15 is 0 Å². The Morgan fingerprint density at radius 3 is 1.53 bits per heavy atom. The second-order valence-corrected chi connectivity index (χ2v) is 16.1. The van der Waals surface area contributed by atoms with Gasteiger partial charge in [-0.15, -0.1) is 0 Å². The molecule has 10 heteroatoms. The van der Waals surface area contributed by atoms with E-state index in [9.17, 15) is 4.79 Å². The minimum atomic E-state index is -1.25. The Morgan fingerprint density at radius 2 is 1.47 bits per heavy atom. The molecule has 0 spiro atoms. The fraction of sp³-hybridized carbons (Fsp3) is 0.889. The Morgan fingerprint density at radius 1 is 1.21 bits per heavy atom. The zero-order valence-electron chi connectivity index (χ0n) is 11.2. The summed E-state index contributed by atoms with van der Waals surface area (Å²) < 4.78 is -0.0278. The summed E-state index contributed by atoms with van der Waals surface area (Å²) in [5.74, 6) is 0. The molecule has 19 heavy (non-hydrogen) atoms. The number of quaternary nitrogens is 1. The van der Waals surface area contributed by atoms with E-state index < -0.39 is 31.0 Å². The molecule has 0 radical (unpaired) electrons. The first-order chi connectivity index (χ1) is 8.45. The van der Waals surface area contributed by atoms with Gasteiger partial charge in [0.2, 0.25) is 0 Å². The van der Waals surface area contributed by atoms with E-state index in [0.29, 0.717) is 9.47 Å². The molecular weight excluding hydrogens is 523 g/mol. The monoisotopic (exact) mass is 545 g/mol. The van der Waals surface area contributed by atoms with Gasteiger partial charge in [-0.05, 0) is 6.92 Å². The second kappa shape index (κ2) is 14.3. The van der Waals surface area contributed by atoms with Crippen LogP contribution in [0.4, 0.5) is 4.79 Å². The first kappa shape index (κ1) is 25.3. The van der Waals surface area contributed by atoms with Crippen molar-refractivity contribution in [2.45, 2.75) is 25.2 Å². The topological polar surface area (TPSA) is 118 Å². The molecule has 0 fully saturated rings. The van der Waals surface area contributed by atoms with Crippen LogP contribution < -0.4 is 0 Å². The van der Waals surface area contributed by atoms with Crippen molar-refractivity contribution in [3.63, 3.8) is 0 Å². The zero-order valence-corrected chi connectivity index (χ0v) is 16.9. The van der Waals surface area contributed by atoms with Crippen LogP contribution in [0.15, 0.2) is 0 Å². The molecule has 0 aromatic rings. The Kier molecular flexibility index (Phi) is 19.0. The maximum absolute atomic E-state index is 9.99. The molecule has 0 saturated heterocycles. The number of carboxylic acid groups (broad SMARTS) is 1. The molecule has 0 aromatic carbocycles. The molecule has 0 heterocycles. The number of rotatable bonds is 3. The molecule has 0 aliphatic heterocycles. The molecule has 0 bridgehead atoms. The van der Waals surface area contributed by atoms with E-state index in [1.54, 1.807) is 21.1 Å². The maximum atomic E-state index is 9.99. The van der Waals surface area contributed by atoms with Gasteiger partial charge in [0, 0.05) is 0 Å². The van der Waals surface area contributed by atoms with Crippen LogP contribution in [-0.4, -0.2) is 82.2 Å². The molecule has 0 rings (SSSR count). The van der Waals surface area contributed by atoms with Crippen molar-refractivity contribution in [2.75, 3.05) is 27.7 Å². The number of hydrogen-bond donors (Lipinski definition) is 5. The third-order valence-corrected chi connectivity index (χ3v) is 1.65. The van der Waals surface area contributed by atoms with Crippen LogP contribution in [0, 0.1) is 0 Å². The van der Waals surface area contributed by atoms with Crippen LogP contribution in [-0.2, 0) is 9.47 Å². The van der Waals surface area contributed by atoms with Crippen molar-refractivity contribution in [3.8, 4) is 0 Å². The summed E-state index contributed by atoms with van der Waals surface area (Å²) in [5, 5.41) is 42.4. The summed E-state index contributed by atoms with van der Waals surface area (Å²) in [5.41, 5.74) is 0. The predicted molar refractivity (Wildman–Crippen MR) is 84.9 cm³/mol. The van der Waals surface area contributed by atoms with Crippen LogP contribution >= 0.6 is 40.0 Å². The molecule has 117 valence electrons. The first-order valence-corrected chi connectivity index (χ1v) is 14.1. The van der Waals surface area contributed by atoms with E-state index in [-0.39, 0.29) is 4.48 Å². The minimum absolute atomic E-state index is 0.0278. The van der Waals surface area contributed by atoms with Crippen LogP contribution in [0.3, 0.4) is 0 Å². The van der Waals surface area contributed by atoms with Gasteiger partial charge >= 0.3 is 55.5 Å². The van der Waals surface area contributed by atoms with E-state index in [0.717, 1.165) is 0 Å². The summed E-state index contributed by atoms with van der Waals surface area (Å²) in [4.78, 5) is 9.99. The van der Waals surface area contributed by atoms with Crippen LogP contribution in [0.25, 0.3) is 0 Å². The number of amides is 1. The van der Waals surface area contributed by atoms with Crippen molar-refractivity contribution >= 4 is 46.1 Å². The molecule has 0 saturated carbocycles. The van der Waals surface area contributed by atoms with Crippen LogP contribution in [0.1, 0.15) is 6.92 Å². The van der Waals surface area contributed by atoms with E-state index in [4.69, 9.17) is 25.5 Å². The number of nitrogens with zero attached hydrogens (tertiary/aromatic N) is 1. The first-order valence-electron chi connectivity index (χ1n) is 5.07. The number of aliphatic hydroxyl groups is 4. The number of carbonyl (C=O) groups is 1. The van der Waals surface area contributed by atoms with Gasteiger partial charge in [0.1, 0.15) is 12.2 Å². The van der Waals surface area contributed by atoms with Crippen molar-refractivity contribution in [2.24, 2.45) is 0 Å². The van der Waals surface area contributed by atoms with Crippen molar-refractivity contribution < 1.29 is 44.3 Å². The molecule has 1 amide bonds. The molecule has 0 aliphatic carbocycles. The number of aliphatic hydroxyl groups excluding tert-OH is 4. The Labute approximate surface area is 142 Å². The predicted octanol–water partition coefficient (Wildman–Crippen LogP) is 0.221. The van der Waals surface area contributed by atoms with Crippen molar-refractivity contribution in [3.05, 3.63) is 0 Å². The van der Waals surface area contributed by atoms with Gasteiger partial charge in [-0.25, -0.2) is 4.48 Å². The Balaban J connectivity index is -0.000000228. The SMILES string of the molecule is CC(O)C(O)C(O)CO.C[N+](C)(C)C(=O)O.[I][V][I]. The van der Waals surface area contributed by atoms with E-state index in [1.807, 2.05) is 0 Å². The summed E-state index contributed by atoms with van der Waals surface area (Å²) in [6.45, 7) is 0.801. The van der Waals surface area contributed by atoms with Gasteiger partial charge in [0.15, 0.2) is 0 Å².